The van der Waals surface area contributed by atoms with Gasteiger partial charge in [0, 0.05) is 18.6 Å². The normalized spacial score (nSPS) is 16.2. The minimum Gasteiger partial charge on any atom is -0.711 e. The predicted octanol–water partition coefficient (Wildman–Crippen LogP) is 3.24. The maximum absolute atomic E-state index is 13.5. The van der Waals surface area contributed by atoms with E-state index >= 15 is 0 Å². The van der Waals surface area contributed by atoms with Crippen LogP contribution in [-0.2, 0) is 11.3 Å². The number of carbonyl (C=O) groups excluding carboxylic acids is 1. The first-order valence-electron chi connectivity index (χ1n) is 11.2. The molecule has 1 aliphatic rings. The largest absolute Gasteiger partial charge is 0.711 e. The third-order valence-electron chi connectivity index (χ3n) is 5.60. The molecule has 0 aliphatic carbocycles. The summed E-state index contributed by atoms with van der Waals surface area (Å²) < 4.78 is 11.8. The van der Waals surface area contributed by atoms with Crippen LogP contribution in [0.4, 0.5) is 0 Å². The maximum Gasteiger partial charge on any atom is 0.336 e. The van der Waals surface area contributed by atoms with Gasteiger partial charge in [0.05, 0.1) is 7.11 Å². The standard InChI is InChI=1S/C26H30N4O4/c1-26(2,3)28-24(31)23-22-16-30(32)17-27-25(22)34-13-12-29(23)15-19-8-5-6-11-21(19)18-9-7-10-20(14-18)33-4/h5-11,14,16-17,23H,12-13,15H2,1-4H3,(H,28,31). The van der Waals surface area contributed by atoms with Crippen molar-refractivity contribution >= 4 is 5.91 Å². The Morgan fingerprint density at radius 1 is 1.26 bits per heavy atom. The summed E-state index contributed by atoms with van der Waals surface area (Å²) in [7, 11) is 1.65. The Kier molecular flexibility index (Phi) is 6.70. The van der Waals surface area contributed by atoms with Crippen molar-refractivity contribution in [3.63, 3.8) is 0 Å². The fourth-order valence-electron chi connectivity index (χ4n) is 4.17. The molecule has 8 heteroatoms. The van der Waals surface area contributed by atoms with Crippen LogP contribution in [0.25, 0.3) is 11.1 Å². The van der Waals surface area contributed by atoms with Gasteiger partial charge in [-0.25, -0.2) is 4.73 Å². The molecule has 2 aromatic carbocycles. The number of fused-ring (bicyclic) bond motifs is 1. The zero-order valence-electron chi connectivity index (χ0n) is 19.9. The lowest BCUT2D eigenvalue weighted by atomic mass is 9.97. The number of nitrogens with zero attached hydrogens (tertiary/aromatic N) is 3. The quantitative estimate of drug-likeness (QED) is 0.462. The van der Waals surface area contributed by atoms with E-state index in [-0.39, 0.29) is 5.91 Å². The lowest BCUT2D eigenvalue weighted by Crippen LogP contribution is -2.48. The van der Waals surface area contributed by atoms with E-state index in [1.165, 1.54) is 6.20 Å². The SMILES string of the molecule is COc1cccc(-c2ccccc2CN2CCOc3nc[n+]([O-])cc3C2C(=O)NC(C)(C)C)c1. The van der Waals surface area contributed by atoms with Gasteiger partial charge in [0.1, 0.15) is 30.2 Å². The molecule has 1 aliphatic heterocycles. The first-order valence-corrected chi connectivity index (χ1v) is 11.2. The Morgan fingerprint density at radius 2 is 2.06 bits per heavy atom. The Labute approximate surface area is 199 Å². The molecule has 3 aromatic rings. The van der Waals surface area contributed by atoms with Crippen molar-refractivity contribution < 1.29 is 19.0 Å². The zero-order valence-corrected chi connectivity index (χ0v) is 19.9. The lowest BCUT2D eigenvalue weighted by Gasteiger charge is -2.31. The molecule has 0 spiro atoms. The minimum absolute atomic E-state index is 0.203. The summed E-state index contributed by atoms with van der Waals surface area (Å²) in [5.41, 5.74) is 3.13. The number of hydrogen-bond donors (Lipinski definition) is 1. The number of hydrogen-bond acceptors (Lipinski definition) is 6. The van der Waals surface area contributed by atoms with Crippen molar-refractivity contribution in [2.75, 3.05) is 20.3 Å². The van der Waals surface area contributed by atoms with E-state index in [0.29, 0.717) is 35.9 Å². The van der Waals surface area contributed by atoms with E-state index in [1.54, 1.807) is 7.11 Å². The zero-order chi connectivity index (χ0) is 24.3. The van der Waals surface area contributed by atoms with Crippen molar-refractivity contribution in [1.82, 2.24) is 15.2 Å². The molecule has 0 radical (unpaired) electrons. The lowest BCUT2D eigenvalue weighted by molar-refractivity contribution is -0.609. The van der Waals surface area contributed by atoms with E-state index in [9.17, 15) is 10.0 Å². The summed E-state index contributed by atoms with van der Waals surface area (Å²) in [6, 6.07) is 15.3. The number of amides is 1. The molecule has 34 heavy (non-hydrogen) atoms. The second-order valence-corrected chi connectivity index (χ2v) is 9.34. The van der Waals surface area contributed by atoms with E-state index in [4.69, 9.17) is 9.47 Å². The molecule has 1 amide bonds. The van der Waals surface area contributed by atoms with Crippen LogP contribution in [0.5, 0.6) is 11.6 Å². The number of ether oxygens (including phenoxy) is 2. The highest BCUT2D eigenvalue weighted by Gasteiger charge is 2.37. The topological polar surface area (TPSA) is 90.6 Å². The van der Waals surface area contributed by atoms with Crippen LogP contribution in [-0.4, -0.2) is 41.6 Å². The molecule has 4 rings (SSSR count). The molecule has 0 bridgehead atoms. The first kappa shape index (κ1) is 23.5. The fraction of sp³-hybridized carbons (Fsp3) is 0.346. The Hall–Kier alpha value is -3.65. The second kappa shape index (κ2) is 9.69. The molecule has 1 N–H and O–H groups in total. The molecule has 178 valence electrons. The Bertz CT molecular complexity index is 1180. The summed E-state index contributed by atoms with van der Waals surface area (Å²) in [4.78, 5) is 19.7. The highest BCUT2D eigenvalue weighted by Crippen LogP contribution is 2.34. The number of carbonyl (C=O) groups is 1. The highest BCUT2D eigenvalue weighted by molar-refractivity contribution is 5.84. The Balaban J connectivity index is 1.75. The van der Waals surface area contributed by atoms with Gasteiger partial charge in [-0.3, -0.25) is 9.69 Å². The summed E-state index contributed by atoms with van der Waals surface area (Å²) in [5, 5.41) is 15.2. The number of methoxy groups -OCH3 is 1. The van der Waals surface area contributed by atoms with Crippen molar-refractivity contribution in [3.05, 3.63) is 77.4 Å². The Morgan fingerprint density at radius 3 is 2.82 bits per heavy atom. The molecule has 8 nitrogen and oxygen atoms in total. The minimum atomic E-state index is -0.732. The van der Waals surface area contributed by atoms with E-state index < -0.39 is 11.6 Å². The maximum atomic E-state index is 13.5. The molecular weight excluding hydrogens is 432 g/mol. The summed E-state index contributed by atoms with van der Waals surface area (Å²) in [6.07, 6.45) is 2.52. The van der Waals surface area contributed by atoms with Gasteiger partial charge in [0.25, 0.3) is 6.33 Å². The number of benzene rings is 2. The number of rotatable bonds is 5. The van der Waals surface area contributed by atoms with Crippen molar-refractivity contribution in [3.8, 4) is 22.8 Å². The van der Waals surface area contributed by atoms with Gasteiger partial charge in [-0.1, -0.05) is 36.4 Å². The molecule has 1 unspecified atom stereocenters. The molecule has 1 atom stereocenters. The third kappa shape index (κ3) is 5.28. The smallest absolute Gasteiger partial charge is 0.336 e. The number of nitrogens with one attached hydrogen (secondary N) is 1. The van der Waals surface area contributed by atoms with Crippen LogP contribution in [0.15, 0.2) is 61.1 Å². The summed E-state index contributed by atoms with van der Waals surface area (Å²) in [5.74, 6) is 0.883. The van der Waals surface area contributed by atoms with Gasteiger partial charge in [-0.05, 0) is 54.6 Å². The van der Waals surface area contributed by atoms with Gasteiger partial charge in [0.15, 0.2) is 0 Å². The van der Waals surface area contributed by atoms with Gasteiger partial charge in [-0.2, -0.15) is 0 Å². The molecule has 2 heterocycles. The van der Waals surface area contributed by atoms with E-state index in [2.05, 4.69) is 22.4 Å². The monoisotopic (exact) mass is 462 g/mol. The average Bonchev–Trinajstić information content (AvgIpc) is 2.97. The fourth-order valence-corrected chi connectivity index (χ4v) is 4.17. The van der Waals surface area contributed by atoms with Gasteiger partial charge in [0.2, 0.25) is 5.91 Å². The molecular formula is C26H30N4O4. The van der Waals surface area contributed by atoms with Crippen molar-refractivity contribution in [2.45, 2.75) is 38.9 Å². The molecule has 0 saturated carbocycles. The summed E-state index contributed by atoms with van der Waals surface area (Å²) >= 11 is 0. The van der Waals surface area contributed by atoms with Crippen LogP contribution in [0, 0.1) is 5.21 Å². The predicted molar refractivity (Wildman–Crippen MR) is 128 cm³/mol. The van der Waals surface area contributed by atoms with Crippen LogP contribution in [0.3, 0.4) is 0 Å². The number of aromatic nitrogens is 2. The first-order chi connectivity index (χ1) is 16.2. The van der Waals surface area contributed by atoms with Crippen LogP contribution < -0.4 is 19.5 Å². The van der Waals surface area contributed by atoms with Crippen LogP contribution in [0.2, 0.25) is 0 Å². The van der Waals surface area contributed by atoms with Crippen molar-refractivity contribution in [1.29, 1.82) is 0 Å². The molecule has 0 fully saturated rings. The van der Waals surface area contributed by atoms with Crippen LogP contribution >= 0.6 is 0 Å². The average molecular weight is 463 g/mol. The third-order valence-corrected chi connectivity index (χ3v) is 5.60. The molecule has 0 saturated heterocycles. The van der Waals surface area contributed by atoms with Crippen LogP contribution in [0.1, 0.15) is 37.9 Å². The van der Waals surface area contributed by atoms with Gasteiger partial charge in [-0.15, -0.1) is 0 Å². The molecule has 1 aromatic heterocycles. The van der Waals surface area contributed by atoms with E-state index in [0.717, 1.165) is 28.8 Å². The highest BCUT2D eigenvalue weighted by atomic mass is 16.5. The van der Waals surface area contributed by atoms with Gasteiger partial charge < -0.3 is 20.0 Å². The van der Waals surface area contributed by atoms with Crippen molar-refractivity contribution in [2.24, 2.45) is 0 Å². The van der Waals surface area contributed by atoms with E-state index in [1.807, 2.05) is 62.1 Å². The second-order valence-electron chi connectivity index (χ2n) is 9.34. The van der Waals surface area contributed by atoms with Gasteiger partial charge >= 0.3 is 5.88 Å². The summed E-state index contributed by atoms with van der Waals surface area (Å²) in [6.45, 7) is 7.11.